The first kappa shape index (κ1) is 8.05. The maximum absolute atomic E-state index is 5.52. The highest BCUT2D eigenvalue weighted by molar-refractivity contribution is 5.91. The second-order valence-electron chi connectivity index (χ2n) is 3.30. The predicted molar refractivity (Wildman–Crippen MR) is 58.1 cm³/mol. The molecule has 0 aliphatic rings. The molecule has 0 unspecified atom stereocenters. The Bertz CT molecular complexity index is 607. The molecule has 3 aromatic rings. The predicted octanol–water partition coefficient (Wildman–Crippen LogP) is 1.54. The van der Waals surface area contributed by atoms with Crippen LogP contribution in [0.15, 0.2) is 30.5 Å². The van der Waals surface area contributed by atoms with Crippen LogP contribution in [-0.2, 0) is 0 Å². The van der Waals surface area contributed by atoms with Gasteiger partial charge in [0.25, 0.3) is 0 Å². The van der Waals surface area contributed by atoms with E-state index < -0.39 is 0 Å². The first-order valence-corrected chi connectivity index (χ1v) is 4.58. The fourth-order valence-electron chi connectivity index (χ4n) is 1.63. The average Bonchev–Trinajstić information content (AvgIpc) is 2.83. The molecule has 0 aliphatic heterocycles. The summed E-state index contributed by atoms with van der Waals surface area (Å²) in [6, 6.07) is 7.92. The summed E-state index contributed by atoms with van der Waals surface area (Å²) in [5.41, 5.74) is 8.19. The Hall–Kier alpha value is -2.30. The lowest BCUT2D eigenvalue weighted by Crippen LogP contribution is -1.85. The van der Waals surface area contributed by atoms with Gasteiger partial charge >= 0.3 is 0 Å². The molecular formula is C10H9N5. The largest absolute Gasteiger partial charge is 0.369 e. The summed E-state index contributed by atoms with van der Waals surface area (Å²) in [5.74, 6) is 0.400. The van der Waals surface area contributed by atoms with Crippen molar-refractivity contribution in [2.45, 2.75) is 0 Å². The summed E-state index contributed by atoms with van der Waals surface area (Å²) in [7, 11) is 0. The summed E-state index contributed by atoms with van der Waals surface area (Å²) < 4.78 is 0. The highest BCUT2D eigenvalue weighted by Crippen LogP contribution is 2.24. The second-order valence-corrected chi connectivity index (χ2v) is 3.30. The van der Waals surface area contributed by atoms with Crippen molar-refractivity contribution < 1.29 is 0 Å². The molecule has 0 atom stereocenters. The minimum Gasteiger partial charge on any atom is -0.369 e. The third-order valence-corrected chi connectivity index (χ3v) is 2.32. The van der Waals surface area contributed by atoms with Crippen LogP contribution in [0.1, 0.15) is 0 Å². The van der Waals surface area contributed by atoms with Gasteiger partial charge in [-0.25, -0.2) is 4.98 Å². The molecule has 0 saturated carbocycles. The van der Waals surface area contributed by atoms with Crippen LogP contribution < -0.4 is 5.73 Å². The monoisotopic (exact) mass is 199 g/mol. The maximum Gasteiger partial charge on any atom is 0.197 e. The topological polar surface area (TPSA) is 83.4 Å². The SMILES string of the molecule is Nc1ncc(-c2n[nH]c3ccccc23)[nH]1. The molecule has 0 bridgehead atoms. The Morgan fingerprint density at radius 2 is 2.07 bits per heavy atom. The Kier molecular flexibility index (Phi) is 1.53. The molecule has 15 heavy (non-hydrogen) atoms. The first-order valence-electron chi connectivity index (χ1n) is 4.58. The van der Waals surface area contributed by atoms with E-state index in [2.05, 4.69) is 20.2 Å². The van der Waals surface area contributed by atoms with Crippen LogP contribution in [0, 0.1) is 0 Å². The van der Waals surface area contributed by atoms with E-state index in [-0.39, 0.29) is 0 Å². The fraction of sp³-hybridized carbons (Fsp3) is 0. The molecule has 2 heterocycles. The van der Waals surface area contributed by atoms with Crippen molar-refractivity contribution in [1.29, 1.82) is 0 Å². The lowest BCUT2D eigenvalue weighted by Gasteiger charge is -1.91. The number of nitrogen functional groups attached to an aromatic ring is 1. The highest BCUT2D eigenvalue weighted by Gasteiger charge is 2.08. The van der Waals surface area contributed by atoms with Gasteiger partial charge in [0.15, 0.2) is 5.95 Å². The highest BCUT2D eigenvalue weighted by atomic mass is 15.1. The zero-order valence-electron chi connectivity index (χ0n) is 7.86. The molecule has 4 N–H and O–H groups in total. The summed E-state index contributed by atoms with van der Waals surface area (Å²) in [5, 5.41) is 8.24. The van der Waals surface area contributed by atoms with Gasteiger partial charge in [-0.05, 0) is 6.07 Å². The number of aromatic amines is 2. The summed E-state index contributed by atoms with van der Waals surface area (Å²) in [6.07, 6.45) is 1.68. The van der Waals surface area contributed by atoms with Crippen LogP contribution in [0.4, 0.5) is 5.95 Å². The van der Waals surface area contributed by atoms with E-state index in [1.165, 1.54) is 0 Å². The van der Waals surface area contributed by atoms with Crippen molar-refractivity contribution in [3.63, 3.8) is 0 Å². The van der Waals surface area contributed by atoms with Gasteiger partial charge in [0, 0.05) is 5.39 Å². The Morgan fingerprint density at radius 3 is 2.87 bits per heavy atom. The fourth-order valence-corrected chi connectivity index (χ4v) is 1.63. The Morgan fingerprint density at radius 1 is 1.20 bits per heavy atom. The van der Waals surface area contributed by atoms with Gasteiger partial charge in [-0.3, -0.25) is 5.10 Å². The zero-order chi connectivity index (χ0) is 10.3. The first-order chi connectivity index (χ1) is 7.34. The van der Waals surface area contributed by atoms with Crippen LogP contribution in [0.3, 0.4) is 0 Å². The van der Waals surface area contributed by atoms with E-state index in [9.17, 15) is 0 Å². The number of nitrogens with zero attached hydrogens (tertiary/aromatic N) is 2. The standard InChI is InChI=1S/C10H9N5/c11-10-12-5-8(13-10)9-6-3-1-2-4-7(6)14-15-9/h1-5H,(H,14,15)(H3,11,12,13). The number of anilines is 1. The number of fused-ring (bicyclic) bond motifs is 1. The molecule has 2 aromatic heterocycles. The van der Waals surface area contributed by atoms with E-state index >= 15 is 0 Å². The van der Waals surface area contributed by atoms with Crippen LogP contribution in [0.5, 0.6) is 0 Å². The third-order valence-electron chi connectivity index (χ3n) is 2.32. The van der Waals surface area contributed by atoms with Crippen molar-refractivity contribution in [2.24, 2.45) is 0 Å². The van der Waals surface area contributed by atoms with Crippen LogP contribution in [0.25, 0.3) is 22.3 Å². The Labute approximate surface area is 85.3 Å². The van der Waals surface area contributed by atoms with Gasteiger partial charge in [-0.15, -0.1) is 0 Å². The number of hydrogen-bond donors (Lipinski definition) is 3. The summed E-state index contributed by atoms with van der Waals surface area (Å²) in [4.78, 5) is 6.90. The van der Waals surface area contributed by atoms with Gasteiger partial charge in [0.2, 0.25) is 0 Å². The average molecular weight is 199 g/mol. The molecule has 5 heteroatoms. The molecule has 0 radical (unpaired) electrons. The normalized spacial score (nSPS) is 10.9. The number of imidazole rings is 1. The van der Waals surface area contributed by atoms with Crippen molar-refractivity contribution in [3.05, 3.63) is 30.5 Å². The maximum atomic E-state index is 5.52. The quantitative estimate of drug-likeness (QED) is 0.555. The molecule has 3 rings (SSSR count). The van der Waals surface area contributed by atoms with Gasteiger partial charge < -0.3 is 10.7 Å². The second kappa shape index (κ2) is 2.84. The number of para-hydroxylation sites is 1. The minimum atomic E-state index is 0.400. The number of hydrogen-bond acceptors (Lipinski definition) is 3. The van der Waals surface area contributed by atoms with E-state index in [0.717, 1.165) is 22.3 Å². The molecule has 0 aliphatic carbocycles. The van der Waals surface area contributed by atoms with E-state index in [4.69, 9.17) is 5.73 Å². The molecule has 0 amide bonds. The molecule has 0 fully saturated rings. The number of rotatable bonds is 1. The lowest BCUT2D eigenvalue weighted by atomic mass is 10.2. The smallest absolute Gasteiger partial charge is 0.197 e. The van der Waals surface area contributed by atoms with Gasteiger partial charge in [0.05, 0.1) is 17.4 Å². The van der Waals surface area contributed by atoms with Gasteiger partial charge in [-0.1, -0.05) is 18.2 Å². The number of aromatic nitrogens is 4. The Balaban J connectivity index is 2.27. The van der Waals surface area contributed by atoms with Crippen molar-refractivity contribution in [3.8, 4) is 11.4 Å². The van der Waals surface area contributed by atoms with Gasteiger partial charge in [0.1, 0.15) is 5.69 Å². The number of benzene rings is 1. The summed E-state index contributed by atoms with van der Waals surface area (Å²) in [6.45, 7) is 0. The molecule has 5 nitrogen and oxygen atoms in total. The van der Waals surface area contributed by atoms with Crippen molar-refractivity contribution in [1.82, 2.24) is 20.2 Å². The van der Waals surface area contributed by atoms with Crippen LogP contribution in [0.2, 0.25) is 0 Å². The minimum absolute atomic E-state index is 0.400. The van der Waals surface area contributed by atoms with E-state index in [1.54, 1.807) is 6.20 Å². The van der Waals surface area contributed by atoms with E-state index in [1.807, 2.05) is 24.3 Å². The van der Waals surface area contributed by atoms with Gasteiger partial charge in [-0.2, -0.15) is 5.10 Å². The summed E-state index contributed by atoms with van der Waals surface area (Å²) >= 11 is 0. The number of H-pyrrole nitrogens is 2. The van der Waals surface area contributed by atoms with Crippen molar-refractivity contribution >= 4 is 16.9 Å². The lowest BCUT2D eigenvalue weighted by molar-refractivity contribution is 1.12. The van der Waals surface area contributed by atoms with Crippen LogP contribution >= 0.6 is 0 Å². The molecule has 74 valence electrons. The van der Waals surface area contributed by atoms with Crippen LogP contribution in [-0.4, -0.2) is 20.2 Å². The zero-order valence-corrected chi connectivity index (χ0v) is 7.86. The van der Waals surface area contributed by atoms with Crippen molar-refractivity contribution in [2.75, 3.05) is 5.73 Å². The molecular weight excluding hydrogens is 190 g/mol. The molecule has 1 aromatic carbocycles. The van der Waals surface area contributed by atoms with E-state index in [0.29, 0.717) is 5.95 Å². The number of nitrogens with two attached hydrogens (primary N) is 1. The number of nitrogens with one attached hydrogen (secondary N) is 2. The third kappa shape index (κ3) is 1.17. The molecule has 0 saturated heterocycles. The molecule has 0 spiro atoms.